The lowest BCUT2D eigenvalue weighted by molar-refractivity contribution is 0.130. The lowest BCUT2D eigenvalue weighted by atomic mass is 10.2. The van der Waals surface area contributed by atoms with Gasteiger partial charge in [-0.15, -0.1) is 0 Å². The van der Waals surface area contributed by atoms with Crippen LogP contribution in [0.15, 0.2) is 47.5 Å². The second-order valence-corrected chi connectivity index (χ2v) is 9.52. The minimum absolute atomic E-state index is 0.142. The van der Waals surface area contributed by atoms with Gasteiger partial charge in [0.2, 0.25) is 10.0 Å². The van der Waals surface area contributed by atoms with Gasteiger partial charge in [0.25, 0.3) is 0 Å². The van der Waals surface area contributed by atoms with E-state index in [-0.39, 0.29) is 18.0 Å². The fourth-order valence-electron chi connectivity index (χ4n) is 3.83. The Hall–Kier alpha value is -3.12. The van der Waals surface area contributed by atoms with Crippen LogP contribution < -0.4 is 10.5 Å². The number of para-hydroxylation sites is 1. The maximum absolute atomic E-state index is 12.8. The molecule has 0 saturated carbocycles. The molecule has 3 heterocycles. The number of fused-ring (bicyclic) bond motifs is 2. The van der Waals surface area contributed by atoms with Crippen molar-refractivity contribution >= 4 is 37.8 Å². The summed E-state index contributed by atoms with van der Waals surface area (Å²) >= 11 is 0. The number of ether oxygens (including phenoxy) is 2. The molecule has 3 N–H and O–H groups in total. The molecule has 34 heavy (non-hydrogen) atoms. The zero-order valence-corrected chi connectivity index (χ0v) is 20.0. The molecule has 0 bridgehead atoms. The van der Waals surface area contributed by atoms with Gasteiger partial charge < -0.3 is 19.8 Å². The van der Waals surface area contributed by atoms with Crippen molar-refractivity contribution in [3.05, 3.63) is 54.1 Å². The topological polar surface area (TPSA) is 134 Å². The molecule has 0 atom stereocenters. The first-order valence-electron chi connectivity index (χ1n) is 10.9. The van der Waals surface area contributed by atoms with Crippen molar-refractivity contribution in [1.29, 1.82) is 0 Å². The molecule has 0 spiro atoms. The molecule has 0 saturated heterocycles. The average Bonchev–Trinajstić information content (AvgIpc) is 3.17. The minimum atomic E-state index is -3.72. The van der Waals surface area contributed by atoms with Crippen molar-refractivity contribution in [1.82, 2.24) is 24.2 Å². The number of nitrogens with zero attached hydrogens (tertiary/aromatic N) is 4. The normalized spacial score (nSPS) is 12.1. The van der Waals surface area contributed by atoms with E-state index >= 15 is 0 Å². The molecule has 0 unspecified atom stereocenters. The van der Waals surface area contributed by atoms with Crippen LogP contribution in [0.2, 0.25) is 0 Å². The molecule has 11 heteroatoms. The molecule has 0 aliphatic carbocycles. The average molecular weight is 485 g/mol. The van der Waals surface area contributed by atoms with Gasteiger partial charge in [-0.05, 0) is 25.1 Å². The summed E-state index contributed by atoms with van der Waals surface area (Å²) in [6.07, 6.45) is 2.21. The van der Waals surface area contributed by atoms with Crippen LogP contribution in [0.4, 0.5) is 5.82 Å². The SMILES string of the molecule is COCCc1nc2c(N)nc(C)cc2n1CCOCCNS(=O)(=O)c1cccc2cccnc12. The van der Waals surface area contributed by atoms with E-state index in [1.165, 1.54) is 0 Å². The molecule has 0 amide bonds. The third kappa shape index (κ3) is 5.17. The highest BCUT2D eigenvalue weighted by molar-refractivity contribution is 7.89. The number of sulfonamides is 1. The number of nitrogens with two attached hydrogens (primary N) is 1. The maximum Gasteiger partial charge on any atom is 0.242 e. The van der Waals surface area contributed by atoms with Crippen molar-refractivity contribution in [2.75, 3.05) is 39.2 Å². The number of aromatic nitrogens is 4. The van der Waals surface area contributed by atoms with Crippen LogP contribution in [-0.2, 0) is 32.5 Å². The second kappa shape index (κ2) is 10.4. The molecule has 0 aliphatic rings. The summed E-state index contributed by atoms with van der Waals surface area (Å²) in [5, 5.41) is 0.768. The third-order valence-corrected chi connectivity index (χ3v) is 6.88. The van der Waals surface area contributed by atoms with E-state index in [0.717, 1.165) is 22.4 Å². The number of anilines is 1. The molecule has 0 aliphatic heterocycles. The Labute approximate surface area is 198 Å². The van der Waals surface area contributed by atoms with E-state index in [2.05, 4.69) is 19.7 Å². The monoisotopic (exact) mass is 484 g/mol. The highest BCUT2D eigenvalue weighted by Crippen LogP contribution is 2.22. The van der Waals surface area contributed by atoms with E-state index in [9.17, 15) is 8.42 Å². The summed E-state index contributed by atoms with van der Waals surface area (Å²) in [4.78, 5) is 13.3. The van der Waals surface area contributed by atoms with Crippen molar-refractivity contribution in [3.63, 3.8) is 0 Å². The first-order chi connectivity index (χ1) is 16.4. The lowest BCUT2D eigenvalue weighted by Crippen LogP contribution is -2.28. The predicted octanol–water partition coefficient (Wildman–Crippen LogP) is 2.05. The number of rotatable bonds is 11. The maximum atomic E-state index is 12.8. The van der Waals surface area contributed by atoms with Gasteiger partial charge in [-0.2, -0.15) is 0 Å². The van der Waals surface area contributed by atoms with Crippen molar-refractivity contribution in [2.24, 2.45) is 0 Å². The van der Waals surface area contributed by atoms with Crippen LogP contribution in [0, 0.1) is 6.92 Å². The number of hydrogen-bond donors (Lipinski definition) is 2. The molecule has 10 nitrogen and oxygen atoms in total. The zero-order chi connectivity index (χ0) is 24.1. The summed E-state index contributed by atoms with van der Waals surface area (Å²) in [6, 6.07) is 10.6. The molecule has 4 aromatic rings. The Balaban J connectivity index is 1.37. The van der Waals surface area contributed by atoms with Gasteiger partial charge in [0.15, 0.2) is 5.82 Å². The van der Waals surface area contributed by atoms with Gasteiger partial charge in [0.05, 0.1) is 30.9 Å². The van der Waals surface area contributed by atoms with Gasteiger partial charge in [0.1, 0.15) is 16.2 Å². The highest BCUT2D eigenvalue weighted by atomic mass is 32.2. The minimum Gasteiger partial charge on any atom is -0.384 e. The van der Waals surface area contributed by atoms with Gasteiger partial charge in [-0.25, -0.2) is 23.1 Å². The smallest absolute Gasteiger partial charge is 0.242 e. The fourth-order valence-corrected chi connectivity index (χ4v) is 5.02. The van der Waals surface area contributed by atoms with Crippen molar-refractivity contribution in [3.8, 4) is 0 Å². The summed E-state index contributed by atoms with van der Waals surface area (Å²) in [6.45, 7) is 3.70. The van der Waals surface area contributed by atoms with Gasteiger partial charge in [-0.1, -0.05) is 18.2 Å². The highest BCUT2D eigenvalue weighted by Gasteiger charge is 2.18. The third-order valence-electron chi connectivity index (χ3n) is 5.38. The lowest BCUT2D eigenvalue weighted by Gasteiger charge is -2.11. The standard InChI is InChI=1S/C23H28N6O4S/c1-16-15-18-22(23(24)27-16)28-20(8-12-32-2)29(18)11-14-33-13-10-26-34(30,31)19-7-3-5-17-6-4-9-25-21(17)19/h3-7,9,15,26H,8,10-14H2,1-2H3,(H2,24,27). The van der Waals surface area contributed by atoms with Crippen molar-refractivity contribution in [2.45, 2.75) is 24.8 Å². The number of nitrogen functional groups attached to an aromatic ring is 1. The van der Waals surface area contributed by atoms with E-state index < -0.39 is 10.0 Å². The molecule has 1 aromatic carbocycles. The number of hydrogen-bond acceptors (Lipinski definition) is 8. The first-order valence-corrected chi connectivity index (χ1v) is 12.4. The Morgan fingerprint density at radius 2 is 1.91 bits per heavy atom. The van der Waals surface area contributed by atoms with Crippen LogP contribution in [0.5, 0.6) is 0 Å². The van der Waals surface area contributed by atoms with Crippen LogP contribution in [0.3, 0.4) is 0 Å². The first kappa shape index (κ1) is 24.0. The molecule has 180 valence electrons. The summed E-state index contributed by atoms with van der Waals surface area (Å²) in [5.74, 6) is 1.23. The molecule has 0 radical (unpaired) electrons. The predicted molar refractivity (Wildman–Crippen MR) is 130 cm³/mol. The number of benzene rings is 1. The van der Waals surface area contributed by atoms with E-state index in [1.807, 2.05) is 29.7 Å². The largest absolute Gasteiger partial charge is 0.384 e. The van der Waals surface area contributed by atoms with Crippen LogP contribution in [0.25, 0.3) is 21.9 Å². The van der Waals surface area contributed by atoms with Gasteiger partial charge in [-0.3, -0.25) is 4.98 Å². The van der Waals surface area contributed by atoms with Crippen molar-refractivity contribution < 1.29 is 17.9 Å². The molecule has 0 fully saturated rings. The number of nitrogens with one attached hydrogen (secondary N) is 1. The van der Waals surface area contributed by atoms with Gasteiger partial charge >= 0.3 is 0 Å². The number of methoxy groups -OCH3 is 1. The molecular weight excluding hydrogens is 456 g/mol. The Bertz CT molecular complexity index is 1400. The number of pyridine rings is 2. The molecular formula is C23H28N6O4S. The number of imidazole rings is 1. The van der Waals surface area contributed by atoms with Crippen LogP contribution in [0.1, 0.15) is 11.5 Å². The summed E-state index contributed by atoms with van der Waals surface area (Å²) in [5.41, 5.74) is 8.87. The molecule has 3 aromatic heterocycles. The Kier molecular flexibility index (Phi) is 7.37. The Morgan fingerprint density at radius 3 is 2.74 bits per heavy atom. The van der Waals surface area contributed by atoms with Gasteiger partial charge in [0, 0.05) is 43.9 Å². The zero-order valence-electron chi connectivity index (χ0n) is 19.2. The van der Waals surface area contributed by atoms with Crippen LogP contribution in [-0.4, -0.2) is 61.4 Å². The summed E-state index contributed by atoms with van der Waals surface area (Å²) in [7, 11) is -2.07. The molecule has 4 rings (SSSR count). The van der Waals surface area contributed by atoms with E-state index in [4.69, 9.17) is 15.2 Å². The number of aryl methyl sites for hydroxylation is 1. The second-order valence-electron chi connectivity index (χ2n) is 7.78. The quantitative estimate of drug-likeness (QED) is 0.309. The Morgan fingerprint density at radius 1 is 1.09 bits per heavy atom. The fraction of sp³-hybridized carbons (Fsp3) is 0.348. The van der Waals surface area contributed by atoms with Crippen LogP contribution >= 0.6 is 0 Å². The van der Waals surface area contributed by atoms with E-state index in [1.54, 1.807) is 31.5 Å². The van der Waals surface area contributed by atoms with E-state index in [0.29, 0.717) is 43.0 Å². The summed E-state index contributed by atoms with van der Waals surface area (Å²) < 4.78 is 41.1.